The zero-order valence-electron chi connectivity index (χ0n) is 9.14. The number of benzene rings is 1. The van der Waals surface area contributed by atoms with Crippen molar-refractivity contribution in [3.8, 4) is 5.75 Å². The second-order valence-corrected chi connectivity index (χ2v) is 4.21. The highest BCUT2D eigenvalue weighted by molar-refractivity contribution is 9.10. The van der Waals surface area contributed by atoms with Gasteiger partial charge in [0.25, 0.3) is 0 Å². The smallest absolute Gasteiger partial charge is 0.135 e. The van der Waals surface area contributed by atoms with E-state index in [1.54, 1.807) is 7.11 Å². The van der Waals surface area contributed by atoms with E-state index in [4.69, 9.17) is 10.5 Å². The predicted molar refractivity (Wildman–Crippen MR) is 68.5 cm³/mol. The first-order valence-electron chi connectivity index (χ1n) is 5.06. The van der Waals surface area contributed by atoms with E-state index >= 15 is 0 Å². The van der Waals surface area contributed by atoms with Crippen LogP contribution in [0.5, 0.6) is 5.75 Å². The number of nitrogens with two attached hydrogens (primary N) is 1. The Bertz CT molecular complexity index is 329. The summed E-state index contributed by atoms with van der Waals surface area (Å²) in [6, 6.07) is 3.77. The Kier molecular flexibility index (Phi) is 4.75. The van der Waals surface area contributed by atoms with Crippen LogP contribution in [0, 0.1) is 0 Å². The molecule has 0 saturated carbocycles. The summed E-state index contributed by atoms with van der Waals surface area (Å²) < 4.78 is 6.08. The summed E-state index contributed by atoms with van der Waals surface area (Å²) >= 11 is 3.39. The van der Waals surface area contributed by atoms with Crippen molar-refractivity contribution in [2.24, 2.45) is 0 Å². The molecule has 3 nitrogen and oxygen atoms in total. The van der Waals surface area contributed by atoms with Crippen LogP contribution in [0.25, 0.3) is 0 Å². The van der Waals surface area contributed by atoms with Gasteiger partial charge in [-0.1, -0.05) is 13.3 Å². The van der Waals surface area contributed by atoms with Crippen molar-refractivity contribution >= 4 is 27.3 Å². The molecule has 4 heteroatoms. The van der Waals surface area contributed by atoms with Crippen molar-refractivity contribution in [2.75, 3.05) is 24.7 Å². The Labute approximate surface area is 99.1 Å². The van der Waals surface area contributed by atoms with Gasteiger partial charge in [0.15, 0.2) is 0 Å². The average Bonchev–Trinajstić information content (AvgIpc) is 2.21. The van der Waals surface area contributed by atoms with Gasteiger partial charge in [0.2, 0.25) is 0 Å². The summed E-state index contributed by atoms with van der Waals surface area (Å²) in [4.78, 5) is 0. The fourth-order valence-electron chi connectivity index (χ4n) is 1.28. The first-order chi connectivity index (χ1) is 7.19. The second kappa shape index (κ2) is 5.85. The van der Waals surface area contributed by atoms with Crippen LogP contribution in [0.4, 0.5) is 11.4 Å². The molecular formula is C11H17BrN2O. The lowest BCUT2D eigenvalue weighted by Gasteiger charge is -2.12. The summed E-state index contributed by atoms with van der Waals surface area (Å²) in [7, 11) is 1.64. The molecule has 0 fully saturated rings. The molecule has 0 aliphatic rings. The molecule has 3 N–H and O–H groups in total. The molecule has 1 aromatic rings. The van der Waals surface area contributed by atoms with Crippen molar-refractivity contribution in [3.05, 3.63) is 16.6 Å². The third-order valence-corrected chi connectivity index (χ3v) is 2.79. The van der Waals surface area contributed by atoms with Crippen molar-refractivity contribution in [1.82, 2.24) is 0 Å². The molecule has 0 aliphatic carbocycles. The highest BCUT2D eigenvalue weighted by Gasteiger charge is 2.05. The lowest BCUT2D eigenvalue weighted by atomic mass is 10.2. The number of hydrogen-bond donors (Lipinski definition) is 2. The van der Waals surface area contributed by atoms with Gasteiger partial charge < -0.3 is 15.8 Å². The quantitative estimate of drug-likeness (QED) is 0.639. The van der Waals surface area contributed by atoms with Gasteiger partial charge in [-0.2, -0.15) is 0 Å². The van der Waals surface area contributed by atoms with E-state index in [0.29, 0.717) is 0 Å². The van der Waals surface area contributed by atoms with E-state index in [2.05, 4.69) is 28.2 Å². The average molecular weight is 273 g/mol. The van der Waals surface area contributed by atoms with Crippen molar-refractivity contribution < 1.29 is 4.74 Å². The van der Waals surface area contributed by atoms with Gasteiger partial charge in [-0.3, -0.25) is 0 Å². The number of rotatable bonds is 5. The molecule has 15 heavy (non-hydrogen) atoms. The van der Waals surface area contributed by atoms with E-state index in [1.165, 1.54) is 6.42 Å². The molecule has 0 heterocycles. The van der Waals surface area contributed by atoms with E-state index in [0.717, 1.165) is 34.6 Å². The Morgan fingerprint density at radius 1 is 1.47 bits per heavy atom. The standard InChI is InChI=1S/C11H17BrN2O/c1-3-4-5-14-10-7-11(15-2)8(12)6-9(10)13/h6-7,14H,3-5,13H2,1-2H3. The summed E-state index contributed by atoms with van der Waals surface area (Å²) in [6.45, 7) is 3.10. The van der Waals surface area contributed by atoms with E-state index in [1.807, 2.05) is 12.1 Å². The molecule has 0 atom stereocenters. The number of unbranched alkanes of at least 4 members (excludes halogenated alkanes) is 1. The van der Waals surface area contributed by atoms with E-state index in [-0.39, 0.29) is 0 Å². The van der Waals surface area contributed by atoms with Crippen LogP contribution in [-0.2, 0) is 0 Å². The number of ether oxygens (including phenoxy) is 1. The Hall–Kier alpha value is -0.900. The molecule has 84 valence electrons. The fourth-order valence-corrected chi connectivity index (χ4v) is 1.80. The highest BCUT2D eigenvalue weighted by atomic mass is 79.9. The largest absolute Gasteiger partial charge is 0.495 e. The SMILES string of the molecule is CCCCNc1cc(OC)c(Br)cc1N. The van der Waals surface area contributed by atoms with E-state index < -0.39 is 0 Å². The number of nitrogens with one attached hydrogen (secondary N) is 1. The van der Waals surface area contributed by atoms with Crippen LogP contribution in [-0.4, -0.2) is 13.7 Å². The monoisotopic (exact) mass is 272 g/mol. The molecule has 0 amide bonds. The number of nitrogen functional groups attached to an aromatic ring is 1. The number of anilines is 2. The summed E-state index contributed by atoms with van der Waals surface area (Å²) in [5.74, 6) is 0.795. The van der Waals surface area contributed by atoms with Crippen LogP contribution in [0.15, 0.2) is 16.6 Å². The predicted octanol–water partition coefficient (Wildman–Crippen LogP) is 3.25. The third kappa shape index (κ3) is 3.30. The number of methoxy groups -OCH3 is 1. The molecule has 0 aromatic heterocycles. The molecule has 1 aromatic carbocycles. The third-order valence-electron chi connectivity index (χ3n) is 2.17. The van der Waals surface area contributed by atoms with Crippen LogP contribution in [0.1, 0.15) is 19.8 Å². The highest BCUT2D eigenvalue weighted by Crippen LogP contribution is 2.32. The lowest BCUT2D eigenvalue weighted by molar-refractivity contribution is 0.412. The van der Waals surface area contributed by atoms with Gasteiger partial charge in [0.05, 0.1) is 23.0 Å². The molecule has 0 radical (unpaired) electrons. The van der Waals surface area contributed by atoms with Gasteiger partial charge >= 0.3 is 0 Å². The molecule has 1 rings (SSSR count). The Morgan fingerprint density at radius 2 is 2.20 bits per heavy atom. The van der Waals surface area contributed by atoms with Gasteiger partial charge in [-0.25, -0.2) is 0 Å². The number of halogens is 1. The number of hydrogen-bond acceptors (Lipinski definition) is 3. The zero-order valence-corrected chi connectivity index (χ0v) is 10.7. The van der Waals surface area contributed by atoms with Crippen LogP contribution >= 0.6 is 15.9 Å². The normalized spacial score (nSPS) is 10.1. The first kappa shape index (κ1) is 12.2. The Balaban J connectivity index is 2.78. The molecule has 0 aliphatic heterocycles. The molecule has 0 unspecified atom stereocenters. The summed E-state index contributed by atoms with van der Waals surface area (Å²) in [5.41, 5.74) is 7.55. The maximum Gasteiger partial charge on any atom is 0.135 e. The van der Waals surface area contributed by atoms with Crippen LogP contribution < -0.4 is 15.8 Å². The zero-order chi connectivity index (χ0) is 11.3. The lowest BCUT2D eigenvalue weighted by Crippen LogP contribution is -2.04. The first-order valence-corrected chi connectivity index (χ1v) is 5.85. The Morgan fingerprint density at radius 3 is 2.80 bits per heavy atom. The molecule has 0 saturated heterocycles. The minimum absolute atomic E-state index is 0.735. The maximum atomic E-state index is 5.88. The summed E-state index contributed by atoms with van der Waals surface area (Å²) in [5, 5.41) is 3.29. The van der Waals surface area contributed by atoms with Gasteiger partial charge in [0.1, 0.15) is 5.75 Å². The van der Waals surface area contributed by atoms with Crippen molar-refractivity contribution in [2.45, 2.75) is 19.8 Å². The maximum absolute atomic E-state index is 5.88. The molecule has 0 bridgehead atoms. The van der Waals surface area contributed by atoms with Crippen molar-refractivity contribution in [3.63, 3.8) is 0 Å². The van der Waals surface area contributed by atoms with Crippen LogP contribution in [0.2, 0.25) is 0 Å². The van der Waals surface area contributed by atoms with Crippen molar-refractivity contribution in [1.29, 1.82) is 0 Å². The van der Waals surface area contributed by atoms with E-state index in [9.17, 15) is 0 Å². The second-order valence-electron chi connectivity index (χ2n) is 3.35. The van der Waals surface area contributed by atoms with Gasteiger partial charge in [0, 0.05) is 12.6 Å². The minimum Gasteiger partial charge on any atom is -0.495 e. The molecule has 0 spiro atoms. The summed E-state index contributed by atoms with van der Waals surface area (Å²) in [6.07, 6.45) is 2.30. The fraction of sp³-hybridized carbons (Fsp3) is 0.455. The topological polar surface area (TPSA) is 47.3 Å². The van der Waals surface area contributed by atoms with Gasteiger partial charge in [-0.15, -0.1) is 0 Å². The van der Waals surface area contributed by atoms with Gasteiger partial charge in [-0.05, 0) is 28.4 Å². The minimum atomic E-state index is 0.735. The molecular weight excluding hydrogens is 256 g/mol. The van der Waals surface area contributed by atoms with Crippen LogP contribution in [0.3, 0.4) is 0 Å².